The van der Waals surface area contributed by atoms with Crippen LogP contribution in [0.15, 0.2) is 70.4 Å². The molecule has 4 rings (SSSR count). The van der Waals surface area contributed by atoms with Gasteiger partial charge < -0.3 is 13.9 Å². The highest BCUT2D eigenvalue weighted by atomic mass is 32.2. The molecular weight excluding hydrogens is 446 g/mol. The molecule has 0 saturated heterocycles. The predicted molar refractivity (Wildman–Crippen MR) is 123 cm³/mol. The monoisotopic (exact) mass is 469 g/mol. The molecule has 0 saturated carbocycles. The van der Waals surface area contributed by atoms with Gasteiger partial charge in [0.15, 0.2) is 5.76 Å². The molecule has 1 aromatic heterocycles. The third kappa shape index (κ3) is 4.85. The van der Waals surface area contributed by atoms with Gasteiger partial charge in [0.25, 0.3) is 0 Å². The molecule has 10 heteroatoms. The second-order valence-electron chi connectivity index (χ2n) is 7.46. The first-order valence-corrected chi connectivity index (χ1v) is 11.9. The fourth-order valence-electron chi connectivity index (χ4n) is 3.70. The molecule has 1 aliphatic rings. The molecule has 0 unspecified atom stereocenters. The Morgan fingerprint density at radius 2 is 1.94 bits per heavy atom. The number of ether oxygens (including phenoxy) is 2. The SMILES string of the molecule is COc1ccc(OC)c([C@H]2CC(c3cccc(NS(C)(=O)=O)c3)=NN2C(=O)c2ccco2)c1. The van der Waals surface area contributed by atoms with Crippen LogP contribution >= 0.6 is 0 Å². The molecule has 172 valence electrons. The summed E-state index contributed by atoms with van der Waals surface area (Å²) >= 11 is 0. The Kier molecular flexibility index (Phi) is 6.10. The number of nitrogens with one attached hydrogen (secondary N) is 1. The number of sulfonamides is 1. The zero-order valence-corrected chi connectivity index (χ0v) is 19.1. The predicted octanol–water partition coefficient (Wildman–Crippen LogP) is 3.66. The smallest absolute Gasteiger partial charge is 0.310 e. The molecule has 0 radical (unpaired) electrons. The van der Waals surface area contributed by atoms with E-state index < -0.39 is 22.0 Å². The molecule has 1 amide bonds. The summed E-state index contributed by atoms with van der Waals surface area (Å²) < 4.78 is 42.0. The number of methoxy groups -OCH3 is 2. The molecule has 3 aromatic rings. The summed E-state index contributed by atoms with van der Waals surface area (Å²) in [5, 5.41) is 5.97. The van der Waals surface area contributed by atoms with Gasteiger partial charge in [-0.2, -0.15) is 5.10 Å². The third-order valence-electron chi connectivity index (χ3n) is 5.15. The van der Waals surface area contributed by atoms with Gasteiger partial charge in [0.05, 0.1) is 38.5 Å². The van der Waals surface area contributed by atoms with Crippen molar-refractivity contribution in [1.29, 1.82) is 0 Å². The van der Waals surface area contributed by atoms with E-state index in [-0.39, 0.29) is 5.76 Å². The van der Waals surface area contributed by atoms with Gasteiger partial charge in [-0.3, -0.25) is 9.52 Å². The third-order valence-corrected chi connectivity index (χ3v) is 5.75. The summed E-state index contributed by atoms with van der Waals surface area (Å²) in [6.07, 6.45) is 2.88. The lowest BCUT2D eigenvalue weighted by Gasteiger charge is -2.23. The number of furan rings is 1. The van der Waals surface area contributed by atoms with Gasteiger partial charge in [-0.05, 0) is 48.0 Å². The highest BCUT2D eigenvalue weighted by Crippen LogP contribution is 2.40. The van der Waals surface area contributed by atoms with Gasteiger partial charge in [0.2, 0.25) is 10.0 Å². The zero-order valence-electron chi connectivity index (χ0n) is 18.3. The summed E-state index contributed by atoms with van der Waals surface area (Å²) in [7, 11) is -0.319. The number of carbonyl (C=O) groups excluding carboxylic acids is 1. The quantitative estimate of drug-likeness (QED) is 0.565. The second kappa shape index (κ2) is 8.99. The molecule has 1 atom stereocenters. The van der Waals surface area contributed by atoms with E-state index in [1.54, 1.807) is 56.7 Å². The Balaban J connectivity index is 1.77. The summed E-state index contributed by atoms with van der Waals surface area (Å²) in [6.45, 7) is 0. The Labute approximate surface area is 191 Å². The first kappa shape index (κ1) is 22.4. The van der Waals surface area contributed by atoms with E-state index in [2.05, 4.69) is 9.82 Å². The van der Waals surface area contributed by atoms with Crippen LogP contribution in [-0.2, 0) is 10.0 Å². The summed E-state index contributed by atoms with van der Waals surface area (Å²) in [5.74, 6) is 0.945. The second-order valence-corrected chi connectivity index (χ2v) is 9.21. The number of hydrazone groups is 1. The first-order valence-electron chi connectivity index (χ1n) is 10.0. The van der Waals surface area contributed by atoms with Gasteiger partial charge in [0, 0.05) is 17.7 Å². The maximum atomic E-state index is 13.2. The van der Waals surface area contributed by atoms with Crippen LogP contribution in [-0.4, -0.2) is 45.5 Å². The fraction of sp³-hybridized carbons (Fsp3) is 0.217. The van der Waals surface area contributed by atoms with E-state index in [1.807, 2.05) is 12.1 Å². The number of nitrogens with zero attached hydrogens (tertiary/aromatic N) is 2. The van der Waals surface area contributed by atoms with Crippen molar-refractivity contribution in [2.45, 2.75) is 12.5 Å². The van der Waals surface area contributed by atoms with Crippen molar-refractivity contribution in [3.8, 4) is 11.5 Å². The van der Waals surface area contributed by atoms with Crippen LogP contribution in [0, 0.1) is 0 Å². The summed E-state index contributed by atoms with van der Waals surface area (Å²) in [5.41, 5.74) is 2.43. The highest BCUT2D eigenvalue weighted by molar-refractivity contribution is 7.92. The molecule has 9 nitrogen and oxygen atoms in total. The van der Waals surface area contributed by atoms with Crippen LogP contribution in [0.3, 0.4) is 0 Å². The van der Waals surface area contributed by atoms with Gasteiger partial charge in [0.1, 0.15) is 11.5 Å². The van der Waals surface area contributed by atoms with Crippen molar-refractivity contribution in [2.75, 3.05) is 25.2 Å². The Morgan fingerprint density at radius 1 is 1.12 bits per heavy atom. The van der Waals surface area contributed by atoms with Crippen molar-refractivity contribution in [3.05, 3.63) is 77.7 Å². The van der Waals surface area contributed by atoms with Crippen molar-refractivity contribution in [1.82, 2.24) is 5.01 Å². The van der Waals surface area contributed by atoms with E-state index in [0.29, 0.717) is 34.9 Å². The van der Waals surface area contributed by atoms with E-state index in [1.165, 1.54) is 11.3 Å². The van der Waals surface area contributed by atoms with Gasteiger partial charge >= 0.3 is 5.91 Å². The normalized spacial score (nSPS) is 15.8. The molecule has 1 N–H and O–H groups in total. The molecule has 2 aromatic carbocycles. The van der Waals surface area contributed by atoms with E-state index >= 15 is 0 Å². The van der Waals surface area contributed by atoms with Crippen molar-refractivity contribution < 1.29 is 27.1 Å². The molecule has 33 heavy (non-hydrogen) atoms. The summed E-state index contributed by atoms with van der Waals surface area (Å²) in [6, 6.07) is 14.9. The lowest BCUT2D eigenvalue weighted by molar-refractivity contribution is 0.0676. The number of carbonyl (C=O) groups is 1. The molecule has 0 aliphatic carbocycles. The fourth-order valence-corrected chi connectivity index (χ4v) is 4.26. The van der Waals surface area contributed by atoms with E-state index in [4.69, 9.17) is 13.9 Å². The standard InChI is InChI=1S/C23H23N3O6S/c1-30-17-9-10-21(31-2)18(13-17)20-14-19(24-26(20)23(27)22-8-5-11-32-22)15-6-4-7-16(12-15)25-33(3,28)29/h4-13,20,25H,14H2,1-3H3/t20-/m1/s1. The minimum atomic E-state index is -3.44. The lowest BCUT2D eigenvalue weighted by Crippen LogP contribution is -2.27. The molecule has 2 heterocycles. The van der Waals surface area contributed by atoms with Crippen LogP contribution in [0.5, 0.6) is 11.5 Å². The maximum Gasteiger partial charge on any atom is 0.310 e. The largest absolute Gasteiger partial charge is 0.497 e. The minimum absolute atomic E-state index is 0.152. The average molecular weight is 470 g/mol. The Hall–Kier alpha value is -3.79. The molecule has 0 spiro atoms. The van der Waals surface area contributed by atoms with Crippen LogP contribution < -0.4 is 14.2 Å². The van der Waals surface area contributed by atoms with Crippen molar-refractivity contribution in [3.63, 3.8) is 0 Å². The van der Waals surface area contributed by atoms with Crippen LogP contribution in [0.1, 0.15) is 34.1 Å². The minimum Gasteiger partial charge on any atom is -0.497 e. The van der Waals surface area contributed by atoms with Gasteiger partial charge in [-0.25, -0.2) is 13.4 Å². The van der Waals surface area contributed by atoms with Crippen LogP contribution in [0.2, 0.25) is 0 Å². The number of hydrogen-bond donors (Lipinski definition) is 1. The number of amides is 1. The zero-order chi connectivity index (χ0) is 23.6. The lowest BCUT2D eigenvalue weighted by atomic mass is 9.97. The van der Waals surface area contributed by atoms with E-state index in [0.717, 1.165) is 11.8 Å². The number of hydrogen-bond acceptors (Lipinski definition) is 7. The van der Waals surface area contributed by atoms with Crippen LogP contribution in [0.4, 0.5) is 5.69 Å². The topological polar surface area (TPSA) is 110 Å². The maximum absolute atomic E-state index is 13.2. The van der Waals surface area contributed by atoms with Gasteiger partial charge in [-0.1, -0.05) is 12.1 Å². The van der Waals surface area contributed by atoms with Gasteiger partial charge in [-0.15, -0.1) is 0 Å². The first-order chi connectivity index (χ1) is 15.8. The number of anilines is 1. The Morgan fingerprint density at radius 3 is 2.61 bits per heavy atom. The molecule has 0 bridgehead atoms. The van der Waals surface area contributed by atoms with Crippen molar-refractivity contribution in [2.24, 2.45) is 5.10 Å². The highest BCUT2D eigenvalue weighted by Gasteiger charge is 2.36. The average Bonchev–Trinajstić information content (AvgIpc) is 3.48. The van der Waals surface area contributed by atoms with Crippen molar-refractivity contribution >= 4 is 27.3 Å². The number of rotatable bonds is 7. The van der Waals surface area contributed by atoms with Crippen LogP contribution in [0.25, 0.3) is 0 Å². The van der Waals surface area contributed by atoms with E-state index in [9.17, 15) is 13.2 Å². The summed E-state index contributed by atoms with van der Waals surface area (Å²) in [4.78, 5) is 13.2. The molecule has 0 fully saturated rings. The number of benzene rings is 2. The molecule has 1 aliphatic heterocycles. The Bertz CT molecular complexity index is 1300. The molecular formula is C23H23N3O6S.